The summed E-state index contributed by atoms with van der Waals surface area (Å²) in [5.41, 5.74) is 1.04. The van der Waals surface area contributed by atoms with Crippen molar-refractivity contribution in [1.82, 2.24) is 0 Å². The van der Waals surface area contributed by atoms with Gasteiger partial charge in [0.1, 0.15) is 0 Å². The zero-order valence-electron chi connectivity index (χ0n) is 9.16. The summed E-state index contributed by atoms with van der Waals surface area (Å²) in [5.74, 6) is 1.24. The molecule has 2 rings (SSSR count). The molecule has 0 atom stereocenters. The van der Waals surface area contributed by atoms with Crippen LogP contribution in [0, 0.1) is 31.6 Å². The highest BCUT2D eigenvalue weighted by Gasteiger charge is 2.14. The van der Waals surface area contributed by atoms with Crippen LogP contribution in [0.4, 0.5) is 5.69 Å². The van der Waals surface area contributed by atoms with Crippen molar-refractivity contribution in [3.8, 4) is 0 Å². The lowest BCUT2D eigenvalue weighted by Gasteiger charge is -2.07. The van der Waals surface area contributed by atoms with E-state index in [9.17, 15) is 0 Å². The number of benzene rings is 1. The van der Waals surface area contributed by atoms with Crippen molar-refractivity contribution in [2.24, 2.45) is 0 Å². The second-order valence-corrected chi connectivity index (χ2v) is 5.50. The average Bonchev–Trinajstić information content (AvgIpc) is 2.79. The van der Waals surface area contributed by atoms with E-state index in [0.29, 0.717) is 0 Å². The summed E-state index contributed by atoms with van der Waals surface area (Å²) in [4.78, 5) is 0. The van der Waals surface area contributed by atoms with Gasteiger partial charge >= 0.3 is 0 Å². The Morgan fingerprint density at radius 2 is 2.06 bits per heavy atom. The summed E-state index contributed by atoms with van der Waals surface area (Å²) >= 11 is 8.26. The highest BCUT2D eigenvalue weighted by molar-refractivity contribution is 14.1. The van der Waals surface area contributed by atoms with E-state index in [-0.39, 0.29) is 0 Å². The molecule has 1 aromatic carbocycles. The highest BCUT2D eigenvalue weighted by atomic mass is 127. The predicted molar refractivity (Wildman–Crippen MR) is 82.5 cm³/mol. The molecule has 0 saturated heterocycles. The minimum absolute atomic E-state index is 0.755. The van der Waals surface area contributed by atoms with E-state index < -0.39 is 0 Å². The minimum atomic E-state index is 0.755. The van der Waals surface area contributed by atoms with Gasteiger partial charge in [-0.2, -0.15) is 0 Å². The van der Waals surface area contributed by atoms with Crippen molar-refractivity contribution in [2.45, 2.75) is 0 Å². The van der Waals surface area contributed by atoms with Gasteiger partial charge in [0.15, 0.2) is 0 Å². The van der Waals surface area contributed by atoms with Gasteiger partial charge in [-0.3, -0.25) is 0 Å². The molecule has 1 fully saturated rings. The van der Waals surface area contributed by atoms with Gasteiger partial charge in [0.05, 0.1) is 0 Å². The molecule has 1 aliphatic rings. The molecule has 0 aliphatic heterocycles. The third-order valence-corrected chi connectivity index (χ3v) is 3.23. The van der Waals surface area contributed by atoms with E-state index in [1.807, 2.05) is 37.1 Å². The Bertz CT molecular complexity index is 397. The van der Waals surface area contributed by atoms with Crippen molar-refractivity contribution in [3.63, 3.8) is 0 Å². The van der Waals surface area contributed by atoms with Crippen molar-refractivity contribution >= 4 is 39.9 Å². The summed E-state index contributed by atoms with van der Waals surface area (Å²) in [6.45, 7) is 0.812. The fourth-order valence-corrected chi connectivity index (χ4v) is 2.24. The molecule has 0 spiro atoms. The first-order valence-electron chi connectivity index (χ1n) is 5.31. The Balaban J connectivity index is 1.84. The van der Waals surface area contributed by atoms with Crippen molar-refractivity contribution in [3.05, 3.63) is 70.5 Å². The van der Waals surface area contributed by atoms with E-state index in [1.54, 1.807) is 0 Å². The lowest BCUT2D eigenvalue weighted by molar-refractivity contribution is 1.28. The van der Waals surface area contributed by atoms with Gasteiger partial charge in [0.2, 0.25) is 0 Å². The first kappa shape index (κ1) is 13.2. The molecule has 1 aliphatic carbocycles. The fraction of sp³-hybridized carbons (Fsp3) is 0.0714. The summed E-state index contributed by atoms with van der Waals surface area (Å²) in [5, 5.41) is 4.09. The van der Waals surface area contributed by atoms with Crippen LogP contribution in [-0.4, -0.2) is 6.54 Å². The third-order valence-electron chi connectivity index (χ3n) is 2.30. The lowest BCUT2D eigenvalue weighted by Crippen LogP contribution is -2.02. The number of anilines is 1. The van der Waals surface area contributed by atoms with Gasteiger partial charge in [-0.1, -0.05) is 23.7 Å². The molecule has 0 unspecified atom stereocenters. The molecule has 0 amide bonds. The van der Waals surface area contributed by atoms with Crippen molar-refractivity contribution in [2.75, 3.05) is 11.9 Å². The van der Waals surface area contributed by atoms with Crippen LogP contribution >= 0.6 is 34.2 Å². The second-order valence-electron chi connectivity index (χ2n) is 3.67. The van der Waals surface area contributed by atoms with Gasteiger partial charge < -0.3 is 5.32 Å². The molecule has 0 heterocycles. The molecule has 1 nitrogen and oxygen atoms in total. The standard InChI is InChI=1S/C14H12ClIN/c15-12-6-3-7-14(9-12)17-10-13(16)8-11-4-1-2-5-11/h1-9,17H,10H2/b13-8-. The normalized spacial score (nSPS) is 17.4. The van der Waals surface area contributed by atoms with E-state index >= 15 is 0 Å². The predicted octanol–water partition coefficient (Wildman–Crippen LogP) is 4.48. The average molecular weight is 357 g/mol. The smallest absolute Gasteiger partial charge is 0.0455 e. The molecule has 1 N–H and O–H groups in total. The molecule has 1 saturated carbocycles. The maximum absolute atomic E-state index is 5.92. The molecule has 0 bridgehead atoms. The minimum Gasteiger partial charge on any atom is -0.380 e. The molecule has 3 heteroatoms. The summed E-state index contributed by atoms with van der Waals surface area (Å²) in [7, 11) is 0. The summed E-state index contributed by atoms with van der Waals surface area (Å²) in [6.07, 6.45) is 10.4. The second kappa shape index (κ2) is 6.64. The number of nitrogens with one attached hydrogen (secondary N) is 1. The van der Waals surface area contributed by atoms with Crippen LogP contribution in [0.25, 0.3) is 0 Å². The van der Waals surface area contributed by atoms with Crippen LogP contribution in [0.3, 0.4) is 0 Å². The number of allylic oxidation sites excluding steroid dienone is 1. The van der Waals surface area contributed by atoms with Crippen LogP contribution in [-0.2, 0) is 0 Å². The van der Waals surface area contributed by atoms with Crippen LogP contribution < -0.4 is 5.32 Å². The monoisotopic (exact) mass is 356 g/mol. The number of hydrogen-bond donors (Lipinski definition) is 1. The molecule has 5 radical (unpaired) electrons. The Hall–Kier alpha value is -0.220. The van der Waals surface area contributed by atoms with Gasteiger partial charge in [0.25, 0.3) is 0 Å². The van der Waals surface area contributed by atoms with Crippen LogP contribution in [0.5, 0.6) is 0 Å². The SMILES string of the molecule is Clc1cccc(NC/C(I)=C/[C]2[CH][CH][CH][CH]2)c1. The zero-order valence-corrected chi connectivity index (χ0v) is 12.1. The number of rotatable bonds is 4. The van der Waals surface area contributed by atoms with E-state index in [1.165, 1.54) is 9.50 Å². The Labute approximate surface area is 122 Å². The first-order valence-corrected chi connectivity index (χ1v) is 6.77. The highest BCUT2D eigenvalue weighted by Crippen LogP contribution is 2.27. The van der Waals surface area contributed by atoms with Gasteiger partial charge in [-0.25, -0.2) is 0 Å². The lowest BCUT2D eigenvalue weighted by atomic mass is 10.1. The molecule has 87 valence electrons. The topological polar surface area (TPSA) is 12.0 Å². The van der Waals surface area contributed by atoms with E-state index in [2.05, 4.69) is 46.8 Å². The van der Waals surface area contributed by atoms with E-state index in [4.69, 9.17) is 11.6 Å². The van der Waals surface area contributed by atoms with Gasteiger partial charge in [-0.05, 0) is 66.5 Å². The Morgan fingerprint density at radius 1 is 1.29 bits per heavy atom. The maximum atomic E-state index is 5.92. The summed E-state index contributed by atoms with van der Waals surface area (Å²) < 4.78 is 1.26. The molecular weight excluding hydrogens is 345 g/mol. The molecule has 1 aromatic rings. The van der Waals surface area contributed by atoms with Crippen LogP contribution in [0.15, 0.2) is 33.9 Å². The summed E-state index contributed by atoms with van der Waals surface area (Å²) in [6, 6.07) is 7.75. The largest absolute Gasteiger partial charge is 0.380 e. The third kappa shape index (κ3) is 4.51. The molecule has 0 aromatic heterocycles. The first-order chi connectivity index (χ1) is 8.24. The van der Waals surface area contributed by atoms with Crippen LogP contribution in [0.2, 0.25) is 5.02 Å². The maximum Gasteiger partial charge on any atom is 0.0455 e. The van der Waals surface area contributed by atoms with Gasteiger partial charge in [-0.15, -0.1) is 0 Å². The zero-order chi connectivity index (χ0) is 12.1. The number of hydrogen-bond acceptors (Lipinski definition) is 1. The van der Waals surface area contributed by atoms with E-state index in [0.717, 1.165) is 17.3 Å². The number of halogens is 2. The quantitative estimate of drug-likeness (QED) is 0.785. The fourth-order valence-electron chi connectivity index (χ4n) is 1.50. The Morgan fingerprint density at radius 3 is 2.76 bits per heavy atom. The van der Waals surface area contributed by atoms with Crippen LogP contribution in [0.1, 0.15) is 0 Å². The van der Waals surface area contributed by atoms with Crippen molar-refractivity contribution < 1.29 is 0 Å². The molecule has 17 heavy (non-hydrogen) atoms. The molecular formula is C14H12ClIN. The van der Waals surface area contributed by atoms with Gasteiger partial charge in [0, 0.05) is 26.8 Å². The Kier molecular flexibility index (Phi) is 5.16. The van der Waals surface area contributed by atoms with Crippen molar-refractivity contribution in [1.29, 1.82) is 0 Å².